The Bertz CT molecular complexity index is 278. The normalized spacial score (nSPS) is 17.8. The fourth-order valence-electron chi connectivity index (χ4n) is 1.77. The summed E-state index contributed by atoms with van der Waals surface area (Å²) in [5.74, 6) is 0.276. The van der Waals surface area contributed by atoms with E-state index >= 15 is 0 Å². The molecule has 0 radical (unpaired) electrons. The van der Waals surface area contributed by atoms with Crippen LogP contribution in [0.3, 0.4) is 0 Å². The number of urea groups is 1. The lowest BCUT2D eigenvalue weighted by atomic mass is 10.1. The molecule has 0 bridgehead atoms. The number of nitrogens with one attached hydrogen (secondary N) is 1. The Morgan fingerprint density at radius 1 is 1.24 bits per heavy atom. The third kappa shape index (κ3) is 3.77. The highest BCUT2D eigenvalue weighted by molar-refractivity contribution is 6.19. The van der Waals surface area contributed by atoms with Crippen LogP contribution in [0.5, 0.6) is 0 Å². The van der Waals surface area contributed by atoms with Crippen molar-refractivity contribution in [1.82, 2.24) is 15.1 Å². The lowest BCUT2D eigenvalue weighted by Gasteiger charge is -2.35. The van der Waals surface area contributed by atoms with Crippen LogP contribution >= 0.6 is 11.6 Å². The van der Waals surface area contributed by atoms with E-state index in [4.69, 9.17) is 11.6 Å². The van der Waals surface area contributed by atoms with Crippen LogP contribution in [0.4, 0.5) is 4.79 Å². The van der Waals surface area contributed by atoms with Crippen LogP contribution in [-0.2, 0) is 4.79 Å². The van der Waals surface area contributed by atoms with Gasteiger partial charge in [-0.05, 0) is 6.92 Å². The molecule has 1 N–H and O–H groups in total. The van der Waals surface area contributed by atoms with Crippen molar-refractivity contribution >= 4 is 23.5 Å². The van der Waals surface area contributed by atoms with Gasteiger partial charge >= 0.3 is 6.03 Å². The van der Waals surface area contributed by atoms with Gasteiger partial charge in [0.2, 0.25) is 5.91 Å². The van der Waals surface area contributed by atoms with Gasteiger partial charge in [0.1, 0.15) is 0 Å². The molecular weight excluding hydrogens is 242 g/mol. The van der Waals surface area contributed by atoms with Gasteiger partial charge in [0.05, 0.1) is 0 Å². The molecule has 0 saturated carbocycles. The molecule has 6 heteroatoms. The van der Waals surface area contributed by atoms with Crippen molar-refractivity contribution in [2.24, 2.45) is 5.92 Å². The van der Waals surface area contributed by atoms with E-state index < -0.39 is 0 Å². The summed E-state index contributed by atoms with van der Waals surface area (Å²) < 4.78 is 0. The van der Waals surface area contributed by atoms with E-state index in [9.17, 15) is 9.59 Å². The third-order valence-electron chi connectivity index (χ3n) is 2.86. The summed E-state index contributed by atoms with van der Waals surface area (Å²) in [6, 6.07) is -0.0509. The van der Waals surface area contributed by atoms with Gasteiger partial charge in [0.15, 0.2) is 0 Å². The van der Waals surface area contributed by atoms with E-state index in [1.165, 1.54) is 0 Å². The monoisotopic (exact) mass is 261 g/mol. The third-order valence-corrected chi connectivity index (χ3v) is 3.32. The smallest absolute Gasteiger partial charge is 0.317 e. The Hall–Kier alpha value is -0.970. The number of alkyl halides is 1. The van der Waals surface area contributed by atoms with Crippen molar-refractivity contribution in [3.05, 3.63) is 0 Å². The first-order chi connectivity index (χ1) is 8.10. The lowest BCUT2D eigenvalue weighted by Crippen LogP contribution is -2.54. The van der Waals surface area contributed by atoms with Crippen molar-refractivity contribution in [3.8, 4) is 0 Å². The minimum absolute atomic E-state index is 0.0509. The van der Waals surface area contributed by atoms with E-state index in [-0.39, 0.29) is 17.9 Å². The van der Waals surface area contributed by atoms with Crippen molar-refractivity contribution in [2.45, 2.75) is 13.8 Å². The number of rotatable bonds is 3. The maximum Gasteiger partial charge on any atom is 0.317 e. The topological polar surface area (TPSA) is 52.7 Å². The van der Waals surface area contributed by atoms with E-state index in [0.29, 0.717) is 38.6 Å². The van der Waals surface area contributed by atoms with Gasteiger partial charge in [-0.25, -0.2) is 4.79 Å². The summed E-state index contributed by atoms with van der Waals surface area (Å²) >= 11 is 5.66. The minimum atomic E-state index is -0.146. The van der Waals surface area contributed by atoms with Gasteiger partial charge in [0.25, 0.3) is 0 Å². The average Bonchev–Trinajstić information content (AvgIpc) is 2.37. The van der Waals surface area contributed by atoms with E-state index in [1.807, 2.05) is 13.8 Å². The Labute approximate surface area is 107 Å². The largest absolute Gasteiger partial charge is 0.339 e. The molecule has 1 rings (SSSR count). The quantitative estimate of drug-likeness (QED) is 0.762. The SMILES string of the molecule is CCNC(=O)N1CCN(C(=O)C(C)CCl)CC1. The average molecular weight is 262 g/mol. The molecule has 1 heterocycles. The van der Waals surface area contributed by atoms with Crippen molar-refractivity contribution in [1.29, 1.82) is 0 Å². The van der Waals surface area contributed by atoms with Crippen molar-refractivity contribution in [2.75, 3.05) is 38.6 Å². The fourth-order valence-corrected chi connectivity index (χ4v) is 1.90. The first-order valence-electron chi connectivity index (χ1n) is 5.97. The van der Waals surface area contributed by atoms with Gasteiger partial charge in [0, 0.05) is 44.5 Å². The van der Waals surface area contributed by atoms with Gasteiger partial charge in [-0.2, -0.15) is 0 Å². The summed E-state index contributed by atoms with van der Waals surface area (Å²) in [7, 11) is 0. The molecule has 17 heavy (non-hydrogen) atoms. The van der Waals surface area contributed by atoms with Gasteiger partial charge in [-0.3, -0.25) is 4.79 Å². The molecule has 1 aliphatic rings. The number of carbonyl (C=O) groups excluding carboxylic acids is 2. The lowest BCUT2D eigenvalue weighted by molar-refractivity contribution is -0.135. The summed E-state index contributed by atoms with van der Waals surface area (Å²) in [5, 5.41) is 2.76. The molecule has 0 aromatic rings. The predicted molar refractivity (Wildman–Crippen MR) is 67.1 cm³/mol. The van der Waals surface area contributed by atoms with Crippen LogP contribution < -0.4 is 5.32 Å². The predicted octanol–water partition coefficient (Wildman–Crippen LogP) is 0.735. The summed E-state index contributed by atoms with van der Waals surface area (Å²) in [4.78, 5) is 26.9. The molecule has 1 saturated heterocycles. The molecule has 1 unspecified atom stereocenters. The van der Waals surface area contributed by atoms with Crippen LogP contribution in [-0.4, -0.2) is 60.3 Å². The van der Waals surface area contributed by atoms with Gasteiger partial charge in [-0.15, -0.1) is 11.6 Å². The number of carbonyl (C=O) groups is 2. The van der Waals surface area contributed by atoms with E-state index in [1.54, 1.807) is 9.80 Å². The van der Waals surface area contributed by atoms with Gasteiger partial charge < -0.3 is 15.1 Å². The summed E-state index contributed by atoms with van der Waals surface area (Å²) in [6.07, 6.45) is 0. The van der Waals surface area contributed by atoms with Crippen LogP contribution in [0.25, 0.3) is 0 Å². The van der Waals surface area contributed by atoms with Crippen LogP contribution in [0.2, 0.25) is 0 Å². The Morgan fingerprint density at radius 2 is 1.76 bits per heavy atom. The summed E-state index contributed by atoms with van der Waals surface area (Å²) in [6.45, 7) is 6.71. The second-order valence-electron chi connectivity index (χ2n) is 4.20. The highest BCUT2D eigenvalue weighted by Gasteiger charge is 2.26. The zero-order valence-electron chi connectivity index (χ0n) is 10.4. The van der Waals surface area contributed by atoms with Crippen molar-refractivity contribution < 1.29 is 9.59 Å². The highest BCUT2D eigenvalue weighted by atomic mass is 35.5. The molecule has 1 fully saturated rings. The molecule has 1 atom stereocenters. The van der Waals surface area contributed by atoms with Crippen LogP contribution in [0.15, 0.2) is 0 Å². The van der Waals surface area contributed by atoms with E-state index in [2.05, 4.69) is 5.32 Å². The van der Waals surface area contributed by atoms with E-state index in [0.717, 1.165) is 0 Å². The highest BCUT2D eigenvalue weighted by Crippen LogP contribution is 2.08. The second-order valence-corrected chi connectivity index (χ2v) is 4.51. The molecule has 1 aliphatic heterocycles. The first kappa shape index (κ1) is 14.1. The number of piperazine rings is 1. The Kier molecular flexibility index (Phi) is 5.55. The van der Waals surface area contributed by atoms with Gasteiger partial charge in [-0.1, -0.05) is 6.92 Å². The number of amides is 3. The van der Waals surface area contributed by atoms with Crippen LogP contribution in [0, 0.1) is 5.92 Å². The van der Waals surface area contributed by atoms with Crippen molar-refractivity contribution in [3.63, 3.8) is 0 Å². The maximum atomic E-state index is 11.9. The Balaban J connectivity index is 2.40. The molecule has 5 nitrogen and oxygen atoms in total. The molecule has 0 aliphatic carbocycles. The molecular formula is C11H20ClN3O2. The first-order valence-corrected chi connectivity index (χ1v) is 6.51. The Morgan fingerprint density at radius 3 is 2.24 bits per heavy atom. The number of hydrogen-bond acceptors (Lipinski definition) is 2. The zero-order chi connectivity index (χ0) is 12.8. The second kappa shape index (κ2) is 6.69. The maximum absolute atomic E-state index is 11.9. The number of nitrogens with zero attached hydrogens (tertiary/aromatic N) is 2. The zero-order valence-corrected chi connectivity index (χ0v) is 11.2. The molecule has 3 amide bonds. The summed E-state index contributed by atoms with van der Waals surface area (Å²) in [5.41, 5.74) is 0. The van der Waals surface area contributed by atoms with Crippen LogP contribution in [0.1, 0.15) is 13.8 Å². The molecule has 98 valence electrons. The minimum Gasteiger partial charge on any atom is -0.339 e. The molecule has 0 aromatic heterocycles. The standard InChI is InChI=1S/C11H20ClN3O2/c1-3-13-11(17)15-6-4-14(5-7-15)10(16)9(2)8-12/h9H,3-8H2,1-2H3,(H,13,17). The number of halogens is 1. The number of hydrogen-bond donors (Lipinski definition) is 1. The molecule has 0 aromatic carbocycles. The molecule has 0 spiro atoms. The fraction of sp³-hybridized carbons (Fsp3) is 0.818.